The molecule has 2 amide bonds. The number of amides is 2. The molecule has 0 atom stereocenters. The minimum atomic E-state index is -0.132. The molecule has 0 heterocycles. The number of rotatable bonds is 6. The maximum atomic E-state index is 12.7. The number of hydrogen-bond donors (Lipinski definition) is 1. The van der Waals surface area contributed by atoms with E-state index in [2.05, 4.69) is 5.32 Å². The lowest BCUT2D eigenvalue weighted by atomic mass is 10.1. The monoisotopic (exact) mass is 362 g/mol. The standard InChI is InChI=1S/C22H22N2O3/c1-3-24(21-10-6-8-17-7-4-5-9-20(17)21)22(26)15-27-19-13-11-18(12-14-19)23-16(2)25/h4-14H,3,15H2,1-2H3,(H,23,25). The van der Waals surface area contributed by atoms with E-state index in [9.17, 15) is 9.59 Å². The molecule has 0 radical (unpaired) electrons. The maximum absolute atomic E-state index is 12.7. The summed E-state index contributed by atoms with van der Waals surface area (Å²) in [6, 6.07) is 20.9. The van der Waals surface area contributed by atoms with E-state index in [0.29, 0.717) is 18.0 Å². The van der Waals surface area contributed by atoms with Gasteiger partial charge in [0.15, 0.2) is 6.61 Å². The maximum Gasteiger partial charge on any atom is 0.264 e. The van der Waals surface area contributed by atoms with E-state index in [4.69, 9.17) is 4.74 Å². The van der Waals surface area contributed by atoms with Crippen LogP contribution in [0.1, 0.15) is 13.8 Å². The molecule has 3 aromatic carbocycles. The molecule has 0 fully saturated rings. The molecule has 0 aliphatic rings. The third-order valence-corrected chi connectivity index (χ3v) is 4.21. The Morgan fingerprint density at radius 2 is 1.67 bits per heavy atom. The zero-order valence-electron chi connectivity index (χ0n) is 15.4. The summed E-state index contributed by atoms with van der Waals surface area (Å²) in [5.41, 5.74) is 1.57. The van der Waals surface area contributed by atoms with Gasteiger partial charge in [0.2, 0.25) is 5.91 Å². The summed E-state index contributed by atoms with van der Waals surface area (Å²) in [5, 5.41) is 4.82. The van der Waals surface area contributed by atoms with Gasteiger partial charge in [-0.3, -0.25) is 9.59 Å². The number of ether oxygens (including phenoxy) is 1. The summed E-state index contributed by atoms with van der Waals surface area (Å²) in [6.07, 6.45) is 0. The van der Waals surface area contributed by atoms with E-state index < -0.39 is 0 Å². The van der Waals surface area contributed by atoms with Gasteiger partial charge in [-0.25, -0.2) is 0 Å². The summed E-state index contributed by atoms with van der Waals surface area (Å²) in [7, 11) is 0. The molecular weight excluding hydrogens is 340 g/mol. The highest BCUT2D eigenvalue weighted by Crippen LogP contribution is 2.27. The Balaban J connectivity index is 1.71. The highest BCUT2D eigenvalue weighted by Gasteiger charge is 2.16. The first-order valence-corrected chi connectivity index (χ1v) is 8.87. The first-order chi connectivity index (χ1) is 13.1. The molecule has 0 spiro atoms. The van der Waals surface area contributed by atoms with Crippen molar-refractivity contribution >= 4 is 34.0 Å². The average Bonchev–Trinajstić information content (AvgIpc) is 2.68. The van der Waals surface area contributed by atoms with Gasteiger partial charge in [-0.05, 0) is 42.6 Å². The van der Waals surface area contributed by atoms with E-state index in [-0.39, 0.29) is 18.4 Å². The Morgan fingerprint density at radius 3 is 2.37 bits per heavy atom. The molecule has 0 bridgehead atoms. The number of carbonyl (C=O) groups is 2. The predicted molar refractivity (Wildman–Crippen MR) is 108 cm³/mol. The second-order valence-electron chi connectivity index (χ2n) is 6.13. The highest BCUT2D eigenvalue weighted by atomic mass is 16.5. The van der Waals surface area contributed by atoms with Crippen molar-refractivity contribution in [3.63, 3.8) is 0 Å². The Labute approximate surface area is 158 Å². The second kappa shape index (κ2) is 8.36. The smallest absolute Gasteiger partial charge is 0.264 e. The number of nitrogens with one attached hydrogen (secondary N) is 1. The fraction of sp³-hybridized carbons (Fsp3) is 0.182. The fourth-order valence-electron chi connectivity index (χ4n) is 2.99. The minimum Gasteiger partial charge on any atom is -0.484 e. The van der Waals surface area contributed by atoms with Crippen LogP contribution in [0.25, 0.3) is 10.8 Å². The lowest BCUT2D eigenvalue weighted by Crippen LogP contribution is -2.34. The van der Waals surface area contributed by atoms with E-state index in [1.807, 2.05) is 49.4 Å². The molecule has 0 aliphatic heterocycles. The molecule has 0 saturated carbocycles. The molecule has 1 N–H and O–H groups in total. The molecular formula is C22H22N2O3. The molecule has 0 saturated heterocycles. The van der Waals surface area contributed by atoms with Crippen LogP contribution in [0.2, 0.25) is 0 Å². The van der Waals surface area contributed by atoms with Crippen LogP contribution in [0.3, 0.4) is 0 Å². The number of likely N-dealkylation sites (N-methyl/N-ethyl adjacent to an activating group) is 1. The van der Waals surface area contributed by atoms with Gasteiger partial charge in [-0.1, -0.05) is 36.4 Å². The minimum absolute atomic E-state index is 0.0590. The predicted octanol–water partition coefficient (Wildman–Crippen LogP) is 4.23. The van der Waals surface area contributed by atoms with Crippen LogP contribution in [0.5, 0.6) is 5.75 Å². The van der Waals surface area contributed by atoms with Gasteiger partial charge in [0.25, 0.3) is 5.91 Å². The quantitative estimate of drug-likeness (QED) is 0.714. The van der Waals surface area contributed by atoms with Crippen molar-refractivity contribution in [2.75, 3.05) is 23.4 Å². The van der Waals surface area contributed by atoms with Gasteiger partial charge in [0.05, 0.1) is 5.69 Å². The van der Waals surface area contributed by atoms with Crippen LogP contribution in [0.4, 0.5) is 11.4 Å². The molecule has 3 rings (SSSR count). The Hall–Kier alpha value is -3.34. The van der Waals surface area contributed by atoms with Crippen LogP contribution in [0.15, 0.2) is 66.7 Å². The van der Waals surface area contributed by atoms with E-state index in [1.54, 1.807) is 29.2 Å². The number of hydrogen-bond acceptors (Lipinski definition) is 3. The molecule has 138 valence electrons. The van der Waals surface area contributed by atoms with E-state index >= 15 is 0 Å². The molecule has 27 heavy (non-hydrogen) atoms. The van der Waals surface area contributed by atoms with Gasteiger partial charge >= 0.3 is 0 Å². The molecule has 0 aromatic heterocycles. The first kappa shape index (κ1) is 18.5. The Kier molecular flexibility index (Phi) is 5.71. The highest BCUT2D eigenvalue weighted by molar-refractivity contribution is 6.04. The lowest BCUT2D eigenvalue weighted by Gasteiger charge is -2.23. The number of fused-ring (bicyclic) bond motifs is 1. The van der Waals surface area contributed by atoms with Crippen molar-refractivity contribution in [2.24, 2.45) is 0 Å². The average molecular weight is 362 g/mol. The normalized spacial score (nSPS) is 10.4. The van der Waals surface area contributed by atoms with Crippen molar-refractivity contribution in [2.45, 2.75) is 13.8 Å². The van der Waals surface area contributed by atoms with Gasteiger partial charge < -0.3 is 15.0 Å². The molecule has 5 heteroatoms. The van der Waals surface area contributed by atoms with Crippen LogP contribution >= 0.6 is 0 Å². The van der Waals surface area contributed by atoms with E-state index in [1.165, 1.54) is 6.92 Å². The second-order valence-corrected chi connectivity index (χ2v) is 6.13. The molecule has 5 nitrogen and oxygen atoms in total. The third kappa shape index (κ3) is 4.44. The summed E-state index contributed by atoms with van der Waals surface area (Å²) >= 11 is 0. The molecule has 0 aliphatic carbocycles. The number of nitrogens with zero attached hydrogens (tertiary/aromatic N) is 1. The van der Waals surface area contributed by atoms with Gasteiger partial charge in [0.1, 0.15) is 5.75 Å². The first-order valence-electron chi connectivity index (χ1n) is 8.87. The van der Waals surface area contributed by atoms with Gasteiger partial charge in [-0.2, -0.15) is 0 Å². The van der Waals surface area contributed by atoms with Crippen molar-refractivity contribution in [1.29, 1.82) is 0 Å². The number of carbonyl (C=O) groups excluding carboxylic acids is 2. The van der Waals surface area contributed by atoms with Gasteiger partial charge in [0, 0.05) is 24.5 Å². The summed E-state index contributed by atoms with van der Waals surface area (Å²) in [6.45, 7) is 3.89. The summed E-state index contributed by atoms with van der Waals surface area (Å²) in [4.78, 5) is 25.5. The van der Waals surface area contributed by atoms with Crippen LogP contribution in [-0.4, -0.2) is 25.0 Å². The van der Waals surface area contributed by atoms with Crippen LogP contribution in [0, 0.1) is 0 Å². The SMILES string of the molecule is CCN(C(=O)COc1ccc(NC(C)=O)cc1)c1cccc2ccccc12. The summed E-state index contributed by atoms with van der Waals surface area (Å²) in [5.74, 6) is 0.332. The zero-order chi connectivity index (χ0) is 19.2. The van der Waals surface area contributed by atoms with Crippen LogP contribution < -0.4 is 15.0 Å². The number of anilines is 2. The lowest BCUT2D eigenvalue weighted by molar-refractivity contribution is -0.120. The van der Waals surface area contributed by atoms with Crippen molar-refractivity contribution in [1.82, 2.24) is 0 Å². The summed E-state index contributed by atoms with van der Waals surface area (Å²) < 4.78 is 5.64. The zero-order valence-corrected chi connectivity index (χ0v) is 15.4. The largest absolute Gasteiger partial charge is 0.484 e. The fourth-order valence-corrected chi connectivity index (χ4v) is 2.99. The van der Waals surface area contributed by atoms with Crippen molar-refractivity contribution in [3.8, 4) is 5.75 Å². The topological polar surface area (TPSA) is 58.6 Å². The molecule has 0 unspecified atom stereocenters. The van der Waals surface area contributed by atoms with Crippen molar-refractivity contribution < 1.29 is 14.3 Å². The van der Waals surface area contributed by atoms with E-state index in [0.717, 1.165) is 16.5 Å². The Bertz CT molecular complexity index is 946. The third-order valence-electron chi connectivity index (χ3n) is 4.21. The van der Waals surface area contributed by atoms with Crippen LogP contribution in [-0.2, 0) is 9.59 Å². The Morgan fingerprint density at radius 1 is 0.963 bits per heavy atom. The molecule has 3 aromatic rings. The van der Waals surface area contributed by atoms with Crippen molar-refractivity contribution in [3.05, 3.63) is 66.7 Å². The number of benzene rings is 3. The van der Waals surface area contributed by atoms with Gasteiger partial charge in [-0.15, -0.1) is 0 Å².